The molecule has 2 N–H and O–H groups in total. The third-order valence-corrected chi connectivity index (χ3v) is 6.56. The highest BCUT2D eigenvalue weighted by Gasteiger charge is 2.35. The molecule has 1 aromatic heterocycles. The average Bonchev–Trinajstić information content (AvgIpc) is 3.18. The van der Waals surface area contributed by atoms with E-state index in [1.807, 2.05) is 23.1 Å². The van der Waals surface area contributed by atoms with Crippen LogP contribution in [0.3, 0.4) is 0 Å². The number of rotatable bonds is 2. The number of hydrogen-bond acceptors (Lipinski definition) is 3. The van der Waals surface area contributed by atoms with Gasteiger partial charge >= 0.3 is 0 Å². The third kappa shape index (κ3) is 2.78. The summed E-state index contributed by atoms with van der Waals surface area (Å²) in [6.07, 6.45) is 3.36. The zero-order valence-electron chi connectivity index (χ0n) is 14.1. The lowest BCUT2D eigenvalue weighted by Crippen LogP contribution is -2.32. The summed E-state index contributed by atoms with van der Waals surface area (Å²) >= 11 is 1.76. The van der Waals surface area contributed by atoms with Gasteiger partial charge in [0.2, 0.25) is 0 Å². The number of nitrogens with zero attached hydrogens (tertiary/aromatic N) is 1. The molecule has 0 saturated carbocycles. The fourth-order valence-electron chi connectivity index (χ4n) is 4.07. The van der Waals surface area contributed by atoms with Crippen LogP contribution in [-0.2, 0) is 12.8 Å². The van der Waals surface area contributed by atoms with E-state index in [9.17, 15) is 4.79 Å². The molecule has 2 aliphatic rings. The Morgan fingerprint density at radius 3 is 2.83 bits per heavy atom. The Morgan fingerprint density at radius 1 is 1.25 bits per heavy atom. The number of thiophene rings is 1. The Balaban J connectivity index is 1.54. The van der Waals surface area contributed by atoms with Crippen molar-refractivity contribution in [2.75, 3.05) is 13.1 Å². The summed E-state index contributed by atoms with van der Waals surface area (Å²) in [6.45, 7) is 3.68. The smallest absolute Gasteiger partial charge is 0.255 e. The highest BCUT2D eigenvalue weighted by atomic mass is 32.1. The number of benzene rings is 1. The SMILES string of the molecule is CC1CCc2c(C(=O)N3C[C@@H](N)[C@H](c4ccccc4)C3)csc2C1. The number of likely N-dealkylation sites (tertiary alicyclic amines) is 1. The summed E-state index contributed by atoms with van der Waals surface area (Å²) in [6, 6.07) is 10.4. The van der Waals surface area contributed by atoms with Gasteiger partial charge in [-0.15, -0.1) is 11.3 Å². The molecule has 1 saturated heterocycles. The second-order valence-corrected chi connectivity index (χ2v) is 8.25. The molecule has 1 aliphatic carbocycles. The van der Waals surface area contributed by atoms with E-state index in [2.05, 4.69) is 24.4 Å². The molecule has 1 amide bonds. The van der Waals surface area contributed by atoms with Crippen molar-refractivity contribution in [2.45, 2.75) is 38.1 Å². The van der Waals surface area contributed by atoms with E-state index >= 15 is 0 Å². The first kappa shape index (κ1) is 15.9. The molecular weight excluding hydrogens is 316 g/mol. The average molecular weight is 340 g/mol. The topological polar surface area (TPSA) is 46.3 Å². The Bertz CT molecular complexity index is 739. The molecule has 2 heterocycles. The van der Waals surface area contributed by atoms with Crippen molar-refractivity contribution >= 4 is 17.2 Å². The van der Waals surface area contributed by atoms with Crippen LogP contribution >= 0.6 is 11.3 Å². The number of amides is 1. The maximum absolute atomic E-state index is 13.1. The lowest BCUT2D eigenvalue weighted by molar-refractivity contribution is 0.0788. The number of carbonyl (C=O) groups is 1. The van der Waals surface area contributed by atoms with Gasteiger partial charge in [0.1, 0.15) is 0 Å². The molecule has 0 spiro atoms. The molecule has 1 unspecified atom stereocenters. The van der Waals surface area contributed by atoms with Crippen LogP contribution < -0.4 is 5.73 Å². The van der Waals surface area contributed by atoms with Crippen LogP contribution in [0, 0.1) is 5.92 Å². The maximum atomic E-state index is 13.1. The van der Waals surface area contributed by atoms with E-state index in [1.165, 1.54) is 22.4 Å². The minimum absolute atomic E-state index is 0.0193. The van der Waals surface area contributed by atoms with Gasteiger partial charge in [0, 0.05) is 35.3 Å². The predicted molar refractivity (Wildman–Crippen MR) is 98.6 cm³/mol. The minimum atomic E-state index is 0.0193. The monoisotopic (exact) mass is 340 g/mol. The van der Waals surface area contributed by atoms with Gasteiger partial charge in [-0.05, 0) is 36.3 Å². The van der Waals surface area contributed by atoms with Gasteiger partial charge < -0.3 is 10.6 Å². The second-order valence-electron chi connectivity index (χ2n) is 7.29. The largest absolute Gasteiger partial charge is 0.336 e. The fourth-order valence-corrected chi connectivity index (χ4v) is 5.31. The van der Waals surface area contributed by atoms with E-state index in [-0.39, 0.29) is 17.9 Å². The van der Waals surface area contributed by atoms with Crippen LogP contribution in [0.5, 0.6) is 0 Å². The van der Waals surface area contributed by atoms with E-state index in [0.717, 1.165) is 30.9 Å². The fraction of sp³-hybridized carbons (Fsp3) is 0.450. The molecule has 1 fully saturated rings. The maximum Gasteiger partial charge on any atom is 0.255 e. The second kappa shape index (κ2) is 6.34. The molecular formula is C20H24N2OS. The zero-order valence-corrected chi connectivity index (χ0v) is 14.9. The molecule has 0 radical (unpaired) electrons. The van der Waals surface area contributed by atoms with Crippen molar-refractivity contribution in [1.29, 1.82) is 0 Å². The van der Waals surface area contributed by atoms with Gasteiger partial charge in [0.05, 0.1) is 5.56 Å². The summed E-state index contributed by atoms with van der Waals surface area (Å²) in [7, 11) is 0. The standard InChI is InChI=1S/C20H24N2OS/c1-13-7-8-15-17(12-24-19(15)9-13)20(23)22-10-16(18(21)11-22)14-5-3-2-4-6-14/h2-6,12-13,16,18H,7-11,21H2,1H3/t13?,16-,18+/m0/s1. The quantitative estimate of drug-likeness (QED) is 0.910. The van der Waals surface area contributed by atoms with Gasteiger partial charge in [0.25, 0.3) is 5.91 Å². The Labute approximate surface area is 147 Å². The molecule has 24 heavy (non-hydrogen) atoms. The molecule has 2 aromatic rings. The minimum Gasteiger partial charge on any atom is -0.336 e. The summed E-state index contributed by atoms with van der Waals surface area (Å²) in [5, 5.41) is 2.08. The van der Waals surface area contributed by atoms with E-state index in [1.54, 1.807) is 11.3 Å². The van der Waals surface area contributed by atoms with E-state index < -0.39 is 0 Å². The van der Waals surface area contributed by atoms with Gasteiger partial charge in [-0.25, -0.2) is 0 Å². The number of carbonyl (C=O) groups excluding carboxylic acids is 1. The van der Waals surface area contributed by atoms with E-state index in [0.29, 0.717) is 6.54 Å². The Hall–Kier alpha value is -1.65. The molecule has 126 valence electrons. The van der Waals surface area contributed by atoms with Crippen molar-refractivity contribution in [2.24, 2.45) is 11.7 Å². The zero-order chi connectivity index (χ0) is 16.7. The lowest BCUT2D eigenvalue weighted by atomic mass is 9.88. The summed E-state index contributed by atoms with van der Waals surface area (Å²) in [5.74, 6) is 1.15. The summed E-state index contributed by atoms with van der Waals surface area (Å²) in [4.78, 5) is 16.4. The van der Waals surface area contributed by atoms with Crippen LogP contribution in [0.25, 0.3) is 0 Å². The van der Waals surface area contributed by atoms with Crippen molar-refractivity contribution in [3.8, 4) is 0 Å². The summed E-state index contributed by atoms with van der Waals surface area (Å²) in [5.41, 5.74) is 9.83. The van der Waals surface area contributed by atoms with Crippen molar-refractivity contribution in [3.63, 3.8) is 0 Å². The molecule has 1 aliphatic heterocycles. The van der Waals surface area contributed by atoms with Crippen molar-refractivity contribution < 1.29 is 4.79 Å². The first-order valence-electron chi connectivity index (χ1n) is 8.82. The highest BCUT2D eigenvalue weighted by Crippen LogP contribution is 2.35. The number of nitrogens with two attached hydrogens (primary N) is 1. The molecule has 4 heteroatoms. The molecule has 4 rings (SSSR count). The summed E-state index contributed by atoms with van der Waals surface area (Å²) < 4.78 is 0. The predicted octanol–water partition coefficient (Wildman–Crippen LogP) is 3.44. The number of fused-ring (bicyclic) bond motifs is 1. The Kier molecular flexibility index (Phi) is 4.19. The van der Waals surface area contributed by atoms with Crippen LogP contribution in [-0.4, -0.2) is 29.9 Å². The molecule has 3 atom stereocenters. The Morgan fingerprint density at radius 2 is 2.04 bits per heavy atom. The van der Waals surface area contributed by atoms with Gasteiger partial charge in [-0.3, -0.25) is 4.79 Å². The molecule has 0 bridgehead atoms. The highest BCUT2D eigenvalue weighted by molar-refractivity contribution is 7.10. The van der Waals surface area contributed by atoms with Gasteiger partial charge in [0.15, 0.2) is 0 Å². The third-order valence-electron chi connectivity index (χ3n) is 5.51. The van der Waals surface area contributed by atoms with Crippen LogP contribution in [0.2, 0.25) is 0 Å². The van der Waals surface area contributed by atoms with Crippen molar-refractivity contribution in [1.82, 2.24) is 4.90 Å². The van der Waals surface area contributed by atoms with E-state index in [4.69, 9.17) is 5.73 Å². The molecule has 1 aromatic carbocycles. The number of hydrogen-bond donors (Lipinski definition) is 1. The van der Waals surface area contributed by atoms with Crippen LogP contribution in [0.1, 0.15) is 45.6 Å². The first-order valence-corrected chi connectivity index (χ1v) is 9.70. The van der Waals surface area contributed by atoms with Crippen LogP contribution in [0.4, 0.5) is 0 Å². The van der Waals surface area contributed by atoms with Crippen LogP contribution in [0.15, 0.2) is 35.7 Å². The first-order chi connectivity index (χ1) is 11.6. The van der Waals surface area contributed by atoms with Gasteiger partial charge in [-0.2, -0.15) is 0 Å². The lowest BCUT2D eigenvalue weighted by Gasteiger charge is -2.21. The van der Waals surface area contributed by atoms with Crippen molar-refractivity contribution in [3.05, 3.63) is 57.3 Å². The van der Waals surface area contributed by atoms with Gasteiger partial charge in [-0.1, -0.05) is 37.3 Å². The normalized spacial score (nSPS) is 26.4. The molecule has 3 nitrogen and oxygen atoms in total.